The lowest BCUT2D eigenvalue weighted by Crippen LogP contribution is -2.30. The van der Waals surface area contributed by atoms with Crippen molar-refractivity contribution in [2.75, 3.05) is 0 Å². The first-order chi connectivity index (χ1) is 5.47. The number of hydrogen-bond donors (Lipinski definition) is 4. The minimum absolute atomic E-state index is 0.141. The van der Waals surface area contributed by atoms with Gasteiger partial charge in [0.15, 0.2) is 0 Å². The predicted octanol–water partition coefficient (Wildman–Crippen LogP) is -2.61. The SMILES string of the molecule is NS(=O)(=O)NCc1n[nH]c(=O)[nH]1. The second-order valence-electron chi connectivity index (χ2n) is 1.99. The normalized spacial score (nSPS) is 11.8. The summed E-state index contributed by atoms with van der Waals surface area (Å²) in [4.78, 5) is 12.7. The topological polar surface area (TPSA) is 134 Å². The van der Waals surface area contributed by atoms with Gasteiger partial charge in [-0.2, -0.15) is 18.2 Å². The van der Waals surface area contributed by atoms with Gasteiger partial charge in [-0.05, 0) is 0 Å². The molecule has 0 aliphatic carbocycles. The minimum atomic E-state index is -3.74. The average molecular weight is 193 g/mol. The van der Waals surface area contributed by atoms with Gasteiger partial charge in [-0.25, -0.2) is 15.0 Å². The molecule has 0 aliphatic heterocycles. The van der Waals surface area contributed by atoms with Crippen LogP contribution in [0.2, 0.25) is 0 Å². The Kier molecular flexibility index (Phi) is 2.26. The third kappa shape index (κ3) is 2.82. The van der Waals surface area contributed by atoms with E-state index in [1.54, 1.807) is 0 Å². The molecule has 0 radical (unpaired) electrons. The van der Waals surface area contributed by atoms with Crippen molar-refractivity contribution in [1.82, 2.24) is 19.9 Å². The molecule has 1 rings (SSSR count). The van der Waals surface area contributed by atoms with Crippen LogP contribution in [-0.2, 0) is 16.8 Å². The highest BCUT2D eigenvalue weighted by Gasteiger charge is 2.03. The molecule has 0 amide bonds. The van der Waals surface area contributed by atoms with Crippen LogP contribution >= 0.6 is 0 Å². The number of nitrogens with two attached hydrogens (primary N) is 1. The molecule has 12 heavy (non-hydrogen) atoms. The standard InChI is InChI=1S/C3H7N5O3S/c4-12(10,11)5-1-2-6-3(9)8-7-2/h5H,1H2,(H2,4,10,11)(H2,6,7,8,9). The van der Waals surface area contributed by atoms with E-state index >= 15 is 0 Å². The van der Waals surface area contributed by atoms with Gasteiger partial charge in [0.25, 0.3) is 10.2 Å². The maximum atomic E-state index is 10.4. The Labute approximate surface area is 67.4 Å². The van der Waals surface area contributed by atoms with E-state index in [0.29, 0.717) is 0 Å². The van der Waals surface area contributed by atoms with Crippen molar-refractivity contribution < 1.29 is 8.42 Å². The van der Waals surface area contributed by atoms with Gasteiger partial charge in [-0.3, -0.25) is 4.98 Å². The zero-order chi connectivity index (χ0) is 9.19. The smallest absolute Gasteiger partial charge is 0.292 e. The van der Waals surface area contributed by atoms with Gasteiger partial charge in [-0.1, -0.05) is 0 Å². The van der Waals surface area contributed by atoms with E-state index < -0.39 is 15.9 Å². The van der Waals surface area contributed by atoms with Gasteiger partial charge in [0.1, 0.15) is 5.82 Å². The summed E-state index contributed by atoms with van der Waals surface area (Å²) in [6.07, 6.45) is 0. The second kappa shape index (κ2) is 3.05. The molecule has 8 nitrogen and oxygen atoms in total. The fraction of sp³-hybridized carbons (Fsp3) is 0.333. The Morgan fingerprint density at radius 2 is 2.25 bits per heavy atom. The molecular weight excluding hydrogens is 186 g/mol. The van der Waals surface area contributed by atoms with Crippen molar-refractivity contribution in [3.63, 3.8) is 0 Å². The first-order valence-corrected chi connectivity index (χ1v) is 4.43. The highest BCUT2D eigenvalue weighted by atomic mass is 32.2. The monoisotopic (exact) mass is 193 g/mol. The van der Waals surface area contributed by atoms with Crippen LogP contribution < -0.4 is 15.6 Å². The molecule has 1 aromatic rings. The number of nitrogens with one attached hydrogen (secondary N) is 3. The molecule has 0 atom stereocenters. The van der Waals surface area contributed by atoms with E-state index in [1.165, 1.54) is 0 Å². The van der Waals surface area contributed by atoms with Crippen molar-refractivity contribution in [3.05, 3.63) is 16.3 Å². The summed E-state index contributed by atoms with van der Waals surface area (Å²) in [5, 5.41) is 10.1. The fourth-order valence-corrected chi connectivity index (χ4v) is 0.896. The lowest BCUT2D eigenvalue weighted by Gasteiger charge is -1.95. The molecule has 0 aromatic carbocycles. The Bertz CT molecular complexity index is 402. The van der Waals surface area contributed by atoms with Gasteiger partial charge < -0.3 is 0 Å². The summed E-state index contributed by atoms with van der Waals surface area (Å²) < 4.78 is 22.6. The van der Waals surface area contributed by atoms with Crippen LogP contribution in [0.15, 0.2) is 4.79 Å². The Morgan fingerprint density at radius 1 is 1.58 bits per heavy atom. The molecule has 5 N–H and O–H groups in total. The van der Waals surface area contributed by atoms with Crippen molar-refractivity contribution in [3.8, 4) is 0 Å². The van der Waals surface area contributed by atoms with Crippen LogP contribution in [0, 0.1) is 0 Å². The van der Waals surface area contributed by atoms with Gasteiger partial charge in [0.2, 0.25) is 0 Å². The molecule has 0 aliphatic rings. The maximum Gasteiger partial charge on any atom is 0.340 e. The summed E-state index contributed by atoms with van der Waals surface area (Å²) in [6, 6.07) is 0. The summed E-state index contributed by atoms with van der Waals surface area (Å²) >= 11 is 0. The molecule has 0 bridgehead atoms. The van der Waals surface area contributed by atoms with Crippen molar-refractivity contribution in [2.24, 2.45) is 5.14 Å². The van der Waals surface area contributed by atoms with Crippen molar-refractivity contribution >= 4 is 10.2 Å². The van der Waals surface area contributed by atoms with Gasteiger partial charge in [-0.15, -0.1) is 0 Å². The average Bonchev–Trinajstić information content (AvgIpc) is 2.30. The third-order valence-electron chi connectivity index (χ3n) is 0.991. The summed E-state index contributed by atoms with van der Waals surface area (Å²) in [5.41, 5.74) is -0.499. The Hall–Kier alpha value is -1.19. The van der Waals surface area contributed by atoms with Crippen molar-refractivity contribution in [2.45, 2.75) is 6.54 Å². The fourth-order valence-electron chi connectivity index (χ4n) is 0.558. The zero-order valence-electron chi connectivity index (χ0n) is 5.86. The number of H-pyrrole nitrogens is 2. The lowest BCUT2D eigenvalue weighted by atomic mass is 10.6. The quantitative estimate of drug-likeness (QED) is 0.418. The van der Waals surface area contributed by atoms with E-state index in [-0.39, 0.29) is 12.4 Å². The largest absolute Gasteiger partial charge is 0.340 e. The van der Waals surface area contributed by atoms with Gasteiger partial charge >= 0.3 is 5.69 Å². The van der Waals surface area contributed by atoms with Gasteiger partial charge in [0, 0.05) is 0 Å². The number of rotatable bonds is 3. The molecule has 0 unspecified atom stereocenters. The molecule has 0 saturated heterocycles. The lowest BCUT2D eigenvalue weighted by molar-refractivity contribution is 0.581. The molecule has 0 saturated carbocycles. The summed E-state index contributed by atoms with van der Waals surface area (Å²) in [6.45, 7) is -0.141. The summed E-state index contributed by atoms with van der Waals surface area (Å²) in [5.74, 6) is 0.175. The molecule has 0 spiro atoms. The molecule has 0 fully saturated rings. The maximum absolute atomic E-state index is 10.4. The van der Waals surface area contributed by atoms with E-state index in [4.69, 9.17) is 0 Å². The number of aromatic amines is 2. The third-order valence-corrected chi connectivity index (χ3v) is 1.54. The Balaban J connectivity index is 2.61. The Morgan fingerprint density at radius 3 is 2.67 bits per heavy atom. The van der Waals surface area contributed by atoms with Crippen LogP contribution in [0.4, 0.5) is 0 Å². The van der Waals surface area contributed by atoms with Crippen LogP contribution in [0.25, 0.3) is 0 Å². The number of aromatic nitrogens is 3. The summed E-state index contributed by atoms with van der Waals surface area (Å²) in [7, 11) is -3.74. The predicted molar refractivity (Wildman–Crippen MR) is 39.2 cm³/mol. The van der Waals surface area contributed by atoms with Crippen LogP contribution in [0.5, 0.6) is 0 Å². The second-order valence-corrected chi connectivity index (χ2v) is 3.37. The number of nitrogens with zero attached hydrogens (tertiary/aromatic N) is 1. The highest BCUT2D eigenvalue weighted by molar-refractivity contribution is 7.87. The minimum Gasteiger partial charge on any atom is -0.292 e. The molecule has 9 heteroatoms. The number of hydrogen-bond acceptors (Lipinski definition) is 4. The van der Waals surface area contributed by atoms with Crippen LogP contribution in [0.3, 0.4) is 0 Å². The van der Waals surface area contributed by atoms with Crippen molar-refractivity contribution in [1.29, 1.82) is 0 Å². The van der Waals surface area contributed by atoms with E-state index in [9.17, 15) is 13.2 Å². The highest BCUT2D eigenvalue weighted by Crippen LogP contribution is 1.80. The zero-order valence-corrected chi connectivity index (χ0v) is 6.68. The molecular formula is C3H7N5O3S. The first-order valence-electron chi connectivity index (χ1n) is 2.88. The van der Waals surface area contributed by atoms with E-state index in [1.807, 2.05) is 4.72 Å². The molecule has 1 heterocycles. The van der Waals surface area contributed by atoms with Gasteiger partial charge in [0.05, 0.1) is 6.54 Å². The van der Waals surface area contributed by atoms with Crippen LogP contribution in [0.1, 0.15) is 5.82 Å². The first kappa shape index (κ1) is 8.90. The molecule has 1 aromatic heterocycles. The van der Waals surface area contributed by atoms with Crippen LogP contribution in [-0.4, -0.2) is 23.6 Å². The van der Waals surface area contributed by atoms with E-state index in [0.717, 1.165) is 0 Å². The van der Waals surface area contributed by atoms with E-state index in [2.05, 4.69) is 20.3 Å². The molecule has 68 valence electrons.